The van der Waals surface area contributed by atoms with Gasteiger partial charge in [0.05, 0.1) is 0 Å². The monoisotopic (exact) mass is 192 g/mol. The first-order valence-electron chi connectivity index (χ1n) is 5.73. The highest BCUT2D eigenvalue weighted by molar-refractivity contribution is 5.38. The van der Waals surface area contributed by atoms with E-state index in [2.05, 4.69) is 41.2 Å². The second-order valence-corrected chi connectivity index (χ2v) is 5.68. The lowest BCUT2D eigenvalue weighted by Crippen LogP contribution is -2.16. The lowest BCUT2D eigenvalue weighted by Gasteiger charge is -2.31. The summed E-state index contributed by atoms with van der Waals surface area (Å²) < 4.78 is 0. The average molecular weight is 192 g/mol. The summed E-state index contributed by atoms with van der Waals surface area (Å²) in [6, 6.07) is 0. The van der Waals surface area contributed by atoms with Gasteiger partial charge in [0.25, 0.3) is 0 Å². The molecule has 1 unspecified atom stereocenters. The predicted molar refractivity (Wildman–Crippen MR) is 64.3 cm³/mol. The molecule has 0 nitrogen and oxygen atoms in total. The highest BCUT2D eigenvalue weighted by Crippen LogP contribution is 2.39. The Morgan fingerprint density at radius 1 is 1.36 bits per heavy atom. The summed E-state index contributed by atoms with van der Waals surface area (Å²) in [5.74, 6) is 0.762. The molecule has 0 spiro atoms. The first kappa shape index (κ1) is 11.6. The largest absolute Gasteiger partial charge is 0.0950 e. The third-order valence-electron chi connectivity index (χ3n) is 3.55. The van der Waals surface area contributed by atoms with E-state index in [-0.39, 0.29) is 5.41 Å². The zero-order valence-electron chi connectivity index (χ0n) is 10.4. The highest BCUT2D eigenvalue weighted by Gasteiger charge is 2.24. The lowest BCUT2D eigenvalue weighted by molar-refractivity contribution is 0.480. The Labute approximate surface area is 89.1 Å². The summed E-state index contributed by atoms with van der Waals surface area (Å²) in [5, 5.41) is 0. The highest BCUT2D eigenvalue weighted by atomic mass is 14.3. The molecule has 80 valence electrons. The van der Waals surface area contributed by atoms with Crippen molar-refractivity contribution in [3.8, 4) is 0 Å². The Morgan fingerprint density at radius 3 is 2.43 bits per heavy atom. The van der Waals surface area contributed by atoms with Crippen LogP contribution in [-0.4, -0.2) is 0 Å². The van der Waals surface area contributed by atoms with Gasteiger partial charge in [0, 0.05) is 0 Å². The summed E-state index contributed by atoms with van der Waals surface area (Å²) in [6.45, 7) is 15.7. The van der Waals surface area contributed by atoms with Gasteiger partial charge in [-0.2, -0.15) is 0 Å². The zero-order valence-corrected chi connectivity index (χ0v) is 10.4. The molecule has 1 rings (SSSR count). The third-order valence-corrected chi connectivity index (χ3v) is 3.55. The molecule has 0 heteroatoms. The SMILES string of the molecule is C=C(C1=C(C)C(C)CCC1)C(C)(C)C. The standard InChI is InChI=1S/C14H24/c1-10-8-7-9-13(11(10)2)12(3)14(4,5)6/h10H,3,7-9H2,1-2,4-6H3. The van der Waals surface area contributed by atoms with Gasteiger partial charge in [-0.15, -0.1) is 0 Å². The van der Waals surface area contributed by atoms with Crippen LogP contribution in [0.1, 0.15) is 53.9 Å². The molecule has 0 aromatic rings. The van der Waals surface area contributed by atoms with Crippen LogP contribution in [0, 0.1) is 11.3 Å². The molecule has 0 saturated heterocycles. The van der Waals surface area contributed by atoms with Gasteiger partial charge in [0.15, 0.2) is 0 Å². The quantitative estimate of drug-likeness (QED) is 0.563. The molecule has 0 aliphatic heterocycles. The summed E-state index contributed by atoms with van der Waals surface area (Å²) in [4.78, 5) is 0. The second kappa shape index (κ2) is 3.92. The maximum Gasteiger partial charge on any atom is -0.0135 e. The van der Waals surface area contributed by atoms with Gasteiger partial charge in [-0.3, -0.25) is 0 Å². The fraction of sp³-hybridized carbons (Fsp3) is 0.714. The molecule has 0 amide bonds. The first-order valence-corrected chi connectivity index (χ1v) is 5.73. The van der Waals surface area contributed by atoms with Crippen LogP contribution in [0.5, 0.6) is 0 Å². The molecule has 0 heterocycles. The van der Waals surface area contributed by atoms with Gasteiger partial charge in [-0.25, -0.2) is 0 Å². The maximum atomic E-state index is 4.28. The van der Waals surface area contributed by atoms with Crippen molar-refractivity contribution in [2.24, 2.45) is 11.3 Å². The van der Waals surface area contributed by atoms with E-state index in [9.17, 15) is 0 Å². The molecule has 14 heavy (non-hydrogen) atoms. The molecule has 1 aliphatic carbocycles. The van der Waals surface area contributed by atoms with Crippen LogP contribution in [0.15, 0.2) is 23.3 Å². The van der Waals surface area contributed by atoms with Crippen LogP contribution in [0.2, 0.25) is 0 Å². The molecule has 0 bridgehead atoms. The van der Waals surface area contributed by atoms with E-state index in [1.165, 1.54) is 24.8 Å². The topological polar surface area (TPSA) is 0 Å². The Kier molecular flexibility index (Phi) is 3.24. The molecule has 0 saturated carbocycles. The number of hydrogen-bond acceptors (Lipinski definition) is 0. The summed E-state index contributed by atoms with van der Waals surface area (Å²) in [7, 11) is 0. The van der Waals surface area contributed by atoms with Crippen molar-refractivity contribution in [3.05, 3.63) is 23.3 Å². The van der Waals surface area contributed by atoms with Crippen molar-refractivity contribution in [1.29, 1.82) is 0 Å². The van der Waals surface area contributed by atoms with E-state index in [1.807, 2.05) is 0 Å². The number of hydrogen-bond donors (Lipinski definition) is 0. The molecule has 1 atom stereocenters. The maximum absolute atomic E-state index is 4.28. The van der Waals surface area contributed by atoms with Crippen LogP contribution in [-0.2, 0) is 0 Å². The van der Waals surface area contributed by atoms with Gasteiger partial charge < -0.3 is 0 Å². The summed E-state index contributed by atoms with van der Waals surface area (Å²) >= 11 is 0. The first-order chi connectivity index (χ1) is 6.34. The van der Waals surface area contributed by atoms with Crippen molar-refractivity contribution in [3.63, 3.8) is 0 Å². The van der Waals surface area contributed by atoms with E-state index >= 15 is 0 Å². The van der Waals surface area contributed by atoms with Crippen molar-refractivity contribution >= 4 is 0 Å². The molecule has 1 aliphatic rings. The fourth-order valence-corrected chi connectivity index (χ4v) is 2.14. The smallest absolute Gasteiger partial charge is 0.0135 e. The predicted octanol–water partition coefficient (Wildman–Crippen LogP) is 4.73. The van der Waals surface area contributed by atoms with Crippen molar-refractivity contribution in [2.45, 2.75) is 53.9 Å². The third kappa shape index (κ3) is 2.29. The van der Waals surface area contributed by atoms with Crippen molar-refractivity contribution in [2.75, 3.05) is 0 Å². The van der Waals surface area contributed by atoms with Crippen LogP contribution in [0.3, 0.4) is 0 Å². The zero-order chi connectivity index (χ0) is 10.9. The number of rotatable bonds is 1. The van der Waals surface area contributed by atoms with Crippen molar-refractivity contribution < 1.29 is 0 Å². The van der Waals surface area contributed by atoms with Gasteiger partial charge in [-0.05, 0) is 48.7 Å². The number of allylic oxidation sites excluding steroid dienone is 3. The molecule has 0 N–H and O–H groups in total. The van der Waals surface area contributed by atoms with E-state index < -0.39 is 0 Å². The minimum absolute atomic E-state index is 0.230. The van der Waals surface area contributed by atoms with E-state index in [1.54, 1.807) is 11.1 Å². The summed E-state index contributed by atoms with van der Waals surface area (Å²) in [5.41, 5.74) is 4.71. The fourth-order valence-electron chi connectivity index (χ4n) is 2.14. The van der Waals surface area contributed by atoms with Gasteiger partial charge in [0.2, 0.25) is 0 Å². The average Bonchev–Trinajstić information content (AvgIpc) is 2.07. The summed E-state index contributed by atoms with van der Waals surface area (Å²) in [6.07, 6.45) is 3.93. The minimum atomic E-state index is 0.230. The van der Waals surface area contributed by atoms with Crippen molar-refractivity contribution in [1.82, 2.24) is 0 Å². The van der Waals surface area contributed by atoms with Gasteiger partial charge >= 0.3 is 0 Å². The Balaban J connectivity index is 2.97. The van der Waals surface area contributed by atoms with E-state index in [0.29, 0.717) is 0 Å². The van der Waals surface area contributed by atoms with E-state index in [0.717, 1.165) is 5.92 Å². The van der Waals surface area contributed by atoms with E-state index in [4.69, 9.17) is 0 Å². The van der Waals surface area contributed by atoms with Gasteiger partial charge in [0.1, 0.15) is 0 Å². The second-order valence-electron chi connectivity index (χ2n) is 5.68. The molecule has 0 aromatic carbocycles. The molecular formula is C14H24. The van der Waals surface area contributed by atoms with Gasteiger partial charge in [-0.1, -0.05) is 39.8 Å². The normalized spacial score (nSPS) is 23.9. The molecule has 0 radical (unpaired) electrons. The Hall–Kier alpha value is -0.520. The Bertz CT molecular complexity index is 260. The Morgan fingerprint density at radius 2 is 1.93 bits per heavy atom. The minimum Gasteiger partial charge on any atom is -0.0950 e. The van der Waals surface area contributed by atoms with Crippen LogP contribution in [0.4, 0.5) is 0 Å². The molecular weight excluding hydrogens is 168 g/mol. The van der Waals surface area contributed by atoms with Crippen LogP contribution < -0.4 is 0 Å². The molecule has 0 fully saturated rings. The molecule has 0 aromatic heterocycles. The lowest BCUT2D eigenvalue weighted by atomic mass is 9.75. The van der Waals surface area contributed by atoms with Crippen LogP contribution >= 0.6 is 0 Å². The van der Waals surface area contributed by atoms with Crippen LogP contribution in [0.25, 0.3) is 0 Å².